The average molecular weight is 344 g/mol. The number of anilines is 1. The Kier molecular flexibility index (Phi) is 4.53. The lowest BCUT2D eigenvalue weighted by atomic mass is 10.2. The Balaban J connectivity index is 1.70. The maximum atomic E-state index is 12.4. The van der Waals surface area contributed by atoms with Crippen LogP contribution in [-0.2, 0) is 11.2 Å². The van der Waals surface area contributed by atoms with E-state index < -0.39 is 0 Å². The second-order valence-corrected chi connectivity index (χ2v) is 6.79. The van der Waals surface area contributed by atoms with E-state index in [-0.39, 0.29) is 18.4 Å². The number of carbonyl (C=O) groups excluding carboxylic acids is 1. The molecule has 0 fully saturated rings. The lowest BCUT2D eigenvalue weighted by Gasteiger charge is -2.09. The molecule has 0 bridgehead atoms. The zero-order valence-corrected chi connectivity index (χ0v) is 15.0. The first-order chi connectivity index (χ1) is 11.5. The lowest BCUT2D eigenvalue weighted by molar-refractivity contribution is -0.115. The molecule has 0 atom stereocenters. The van der Waals surface area contributed by atoms with E-state index in [0.29, 0.717) is 0 Å². The largest absolute Gasteiger partial charge is 0.462 e. The van der Waals surface area contributed by atoms with Gasteiger partial charge in [-0.3, -0.25) is 9.48 Å². The molecule has 6 nitrogen and oxygen atoms in total. The SMILES string of the molecule is Cc1nn(C(C)C)c(C)c1NC(=O)Cc1csc(-c2ccco2)n1. The van der Waals surface area contributed by atoms with Gasteiger partial charge in [-0.1, -0.05) is 0 Å². The van der Waals surface area contributed by atoms with Crippen LogP contribution < -0.4 is 5.32 Å². The molecular weight excluding hydrogens is 324 g/mol. The van der Waals surface area contributed by atoms with E-state index >= 15 is 0 Å². The molecule has 0 aromatic carbocycles. The molecule has 3 aromatic rings. The van der Waals surface area contributed by atoms with Crippen LogP contribution in [0.15, 0.2) is 28.2 Å². The summed E-state index contributed by atoms with van der Waals surface area (Å²) in [6, 6.07) is 3.93. The molecular formula is C17H20N4O2S. The van der Waals surface area contributed by atoms with Crippen LogP contribution in [0.2, 0.25) is 0 Å². The van der Waals surface area contributed by atoms with Gasteiger partial charge in [-0.25, -0.2) is 4.98 Å². The molecule has 0 spiro atoms. The van der Waals surface area contributed by atoms with Crippen molar-refractivity contribution in [1.82, 2.24) is 14.8 Å². The van der Waals surface area contributed by atoms with Gasteiger partial charge in [0.05, 0.1) is 35.5 Å². The van der Waals surface area contributed by atoms with Crippen molar-refractivity contribution >= 4 is 22.9 Å². The van der Waals surface area contributed by atoms with Gasteiger partial charge in [-0.2, -0.15) is 5.10 Å². The molecule has 1 N–H and O–H groups in total. The molecule has 0 saturated heterocycles. The third-order valence-electron chi connectivity index (χ3n) is 3.70. The van der Waals surface area contributed by atoms with Gasteiger partial charge in [-0.05, 0) is 39.8 Å². The summed E-state index contributed by atoms with van der Waals surface area (Å²) < 4.78 is 7.25. The van der Waals surface area contributed by atoms with Gasteiger partial charge in [0, 0.05) is 11.4 Å². The number of furan rings is 1. The molecule has 0 aliphatic carbocycles. The van der Waals surface area contributed by atoms with Crippen LogP contribution in [0, 0.1) is 13.8 Å². The maximum absolute atomic E-state index is 12.4. The number of rotatable bonds is 5. The van der Waals surface area contributed by atoms with Crippen LogP contribution in [0.3, 0.4) is 0 Å². The smallest absolute Gasteiger partial charge is 0.230 e. The second-order valence-electron chi connectivity index (χ2n) is 5.93. The zero-order valence-electron chi connectivity index (χ0n) is 14.2. The monoisotopic (exact) mass is 344 g/mol. The first kappa shape index (κ1) is 16.4. The van der Waals surface area contributed by atoms with E-state index in [1.54, 1.807) is 6.26 Å². The minimum absolute atomic E-state index is 0.0965. The summed E-state index contributed by atoms with van der Waals surface area (Å²) in [5.41, 5.74) is 3.31. The highest BCUT2D eigenvalue weighted by atomic mass is 32.1. The van der Waals surface area contributed by atoms with Crippen molar-refractivity contribution in [2.45, 2.75) is 40.2 Å². The number of hydrogen-bond acceptors (Lipinski definition) is 5. The van der Waals surface area contributed by atoms with Crippen LogP contribution in [0.5, 0.6) is 0 Å². The predicted octanol–water partition coefficient (Wildman–Crippen LogP) is 3.98. The van der Waals surface area contributed by atoms with Crippen molar-refractivity contribution in [3.63, 3.8) is 0 Å². The van der Waals surface area contributed by atoms with Crippen molar-refractivity contribution < 1.29 is 9.21 Å². The van der Waals surface area contributed by atoms with Crippen LogP contribution in [0.25, 0.3) is 10.8 Å². The Hall–Kier alpha value is -2.41. The molecule has 3 aromatic heterocycles. The average Bonchev–Trinajstić information content (AvgIpc) is 3.23. The van der Waals surface area contributed by atoms with E-state index in [9.17, 15) is 4.79 Å². The second kappa shape index (κ2) is 6.60. The van der Waals surface area contributed by atoms with E-state index in [2.05, 4.69) is 29.2 Å². The van der Waals surface area contributed by atoms with Crippen molar-refractivity contribution in [3.8, 4) is 10.8 Å². The number of amides is 1. The van der Waals surface area contributed by atoms with Gasteiger partial charge in [-0.15, -0.1) is 11.3 Å². The highest BCUT2D eigenvalue weighted by Gasteiger charge is 2.17. The Morgan fingerprint density at radius 1 is 1.42 bits per heavy atom. The van der Waals surface area contributed by atoms with E-state index in [1.807, 2.05) is 36.0 Å². The highest BCUT2D eigenvalue weighted by Crippen LogP contribution is 2.25. The van der Waals surface area contributed by atoms with Crippen LogP contribution in [0.4, 0.5) is 5.69 Å². The molecule has 3 rings (SSSR count). The zero-order chi connectivity index (χ0) is 17.3. The third kappa shape index (κ3) is 3.26. The van der Waals surface area contributed by atoms with Gasteiger partial charge in [0.15, 0.2) is 10.8 Å². The number of carbonyl (C=O) groups is 1. The predicted molar refractivity (Wildman–Crippen MR) is 94.2 cm³/mol. The summed E-state index contributed by atoms with van der Waals surface area (Å²) in [6.45, 7) is 8.00. The Labute approximate surface area is 144 Å². The van der Waals surface area contributed by atoms with Crippen molar-refractivity contribution in [3.05, 3.63) is 40.9 Å². The summed E-state index contributed by atoms with van der Waals surface area (Å²) in [6.07, 6.45) is 1.84. The van der Waals surface area contributed by atoms with E-state index in [1.165, 1.54) is 11.3 Å². The van der Waals surface area contributed by atoms with Gasteiger partial charge in [0.2, 0.25) is 5.91 Å². The Morgan fingerprint density at radius 2 is 2.21 bits per heavy atom. The number of aromatic nitrogens is 3. The number of hydrogen-bond donors (Lipinski definition) is 1. The number of thiazole rings is 1. The van der Waals surface area contributed by atoms with Gasteiger partial charge in [0.1, 0.15) is 0 Å². The normalized spacial score (nSPS) is 11.2. The van der Waals surface area contributed by atoms with E-state index in [0.717, 1.165) is 33.5 Å². The fourth-order valence-electron chi connectivity index (χ4n) is 2.60. The Bertz CT molecular complexity index is 846. The van der Waals surface area contributed by atoms with Crippen molar-refractivity contribution in [2.24, 2.45) is 0 Å². The summed E-state index contributed by atoms with van der Waals surface area (Å²) in [7, 11) is 0. The van der Waals surface area contributed by atoms with Gasteiger partial charge in [0.25, 0.3) is 0 Å². The first-order valence-electron chi connectivity index (χ1n) is 7.79. The highest BCUT2D eigenvalue weighted by molar-refractivity contribution is 7.13. The third-order valence-corrected chi connectivity index (χ3v) is 4.61. The number of nitrogens with zero attached hydrogens (tertiary/aromatic N) is 3. The number of nitrogens with one attached hydrogen (secondary N) is 1. The molecule has 0 radical (unpaired) electrons. The van der Waals surface area contributed by atoms with Crippen molar-refractivity contribution in [2.75, 3.05) is 5.32 Å². The number of aryl methyl sites for hydroxylation is 1. The van der Waals surface area contributed by atoms with Crippen LogP contribution in [-0.4, -0.2) is 20.7 Å². The maximum Gasteiger partial charge on any atom is 0.230 e. The minimum atomic E-state index is -0.0965. The molecule has 1 amide bonds. The van der Waals surface area contributed by atoms with Gasteiger partial charge < -0.3 is 9.73 Å². The fraction of sp³-hybridized carbons (Fsp3) is 0.353. The molecule has 0 unspecified atom stereocenters. The van der Waals surface area contributed by atoms with Crippen LogP contribution >= 0.6 is 11.3 Å². The summed E-state index contributed by atoms with van der Waals surface area (Å²) in [4.78, 5) is 16.8. The first-order valence-corrected chi connectivity index (χ1v) is 8.67. The summed E-state index contributed by atoms with van der Waals surface area (Å²) in [5.74, 6) is 0.623. The lowest BCUT2D eigenvalue weighted by Crippen LogP contribution is -2.16. The van der Waals surface area contributed by atoms with Gasteiger partial charge >= 0.3 is 0 Å². The van der Waals surface area contributed by atoms with Crippen LogP contribution in [0.1, 0.15) is 37.0 Å². The van der Waals surface area contributed by atoms with Crippen molar-refractivity contribution in [1.29, 1.82) is 0 Å². The topological polar surface area (TPSA) is 73.0 Å². The summed E-state index contributed by atoms with van der Waals surface area (Å²) in [5, 5.41) is 10.1. The summed E-state index contributed by atoms with van der Waals surface area (Å²) >= 11 is 1.47. The molecule has 7 heteroatoms. The quantitative estimate of drug-likeness (QED) is 0.760. The molecule has 3 heterocycles. The standard InChI is InChI=1S/C17H20N4O2S/c1-10(2)21-12(4)16(11(3)20-21)19-15(22)8-13-9-24-17(18-13)14-6-5-7-23-14/h5-7,9-10H,8H2,1-4H3,(H,19,22). The van der Waals surface area contributed by atoms with E-state index in [4.69, 9.17) is 4.42 Å². The molecule has 0 aliphatic rings. The molecule has 126 valence electrons. The molecule has 24 heavy (non-hydrogen) atoms. The molecule has 0 saturated carbocycles. The molecule has 0 aliphatic heterocycles. The minimum Gasteiger partial charge on any atom is -0.462 e. The fourth-order valence-corrected chi connectivity index (χ4v) is 3.38. The Morgan fingerprint density at radius 3 is 2.83 bits per heavy atom.